The van der Waals surface area contributed by atoms with Gasteiger partial charge in [-0.05, 0) is 31.9 Å². The van der Waals surface area contributed by atoms with Gasteiger partial charge in [-0.1, -0.05) is 0 Å². The topological polar surface area (TPSA) is 84.9 Å². The molecule has 1 saturated heterocycles. The molecule has 1 fully saturated rings. The van der Waals surface area contributed by atoms with Crippen molar-refractivity contribution in [3.63, 3.8) is 0 Å². The highest BCUT2D eigenvalue weighted by atomic mass is 16.5. The van der Waals surface area contributed by atoms with Crippen molar-refractivity contribution in [2.45, 2.75) is 38.8 Å². The maximum absolute atomic E-state index is 13.1. The Labute approximate surface area is 175 Å². The molecule has 158 valence electrons. The van der Waals surface area contributed by atoms with E-state index in [1.165, 1.54) is 6.20 Å². The Balaban J connectivity index is 1.65. The van der Waals surface area contributed by atoms with Crippen LogP contribution in [0.15, 0.2) is 30.6 Å². The monoisotopic (exact) mass is 410 g/mol. The van der Waals surface area contributed by atoms with Gasteiger partial charge < -0.3 is 19.3 Å². The zero-order valence-electron chi connectivity index (χ0n) is 17.6. The number of fused-ring (bicyclic) bond motifs is 1. The second-order valence-corrected chi connectivity index (χ2v) is 8.01. The van der Waals surface area contributed by atoms with Crippen LogP contribution in [-0.4, -0.2) is 63.9 Å². The second-order valence-electron chi connectivity index (χ2n) is 8.01. The van der Waals surface area contributed by atoms with Gasteiger partial charge in [0.15, 0.2) is 0 Å². The van der Waals surface area contributed by atoms with Gasteiger partial charge in [0.2, 0.25) is 5.91 Å². The number of rotatable bonds is 2. The van der Waals surface area contributed by atoms with Gasteiger partial charge in [-0.25, -0.2) is 4.98 Å². The minimum atomic E-state index is -0.685. The Morgan fingerprint density at radius 1 is 1.17 bits per heavy atom. The van der Waals surface area contributed by atoms with Crippen LogP contribution in [0.3, 0.4) is 0 Å². The van der Waals surface area contributed by atoms with Crippen LogP contribution in [0.5, 0.6) is 11.5 Å². The number of ether oxygens (including phenoxy) is 2. The molecule has 2 aromatic rings. The highest BCUT2D eigenvalue weighted by Gasteiger charge is 2.43. The summed E-state index contributed by atoms with van der Waals surface area (Å²) in [4.78, 5) is 37.3. The van der Waals surface area contributed by atoms with Crippen molar-refractivity contribution in [2.75, 3.05) is 26.7 Å². The Morgan fingerprint density at radius 2 is 1.97 bits per heavy atom. The first-order valence-corrected chi connectivity index (χ1v) is 10.1. The molecule has 0 bridgehead atoms. The SMILES string of the molecule is COc1ccc2c(c1)OC1(CCCN(C(=O)c3cnc(C)cn3)C1)CN(C(C)=O)C2. The number of aromatic nitrogens is 2. The van der Waals surface area contributed by atoms with Crippen molar-refractivity contribution in [1.29, 1.82) is 0 Å². The van der Waals surface area contributed by atoms with E-state index < -0.39 is 5.60 Å². The molecule has 30 heavy (non-hydrogen) atoms. The molecule has 1 atom stereocenters. The van der Waals surface area contributed by atoms with E-state index in [0.717, 1.165) is 24.1 Å². The van der Waals surface area contributed by atoms with Gasteiger partial charge in [0.1, 0.15) is 22.8 Å². The fourth-order valence-corrected chi connectivity index (χ4v) is 4.13. The number of benzene rings is 1. The zero-order chi connectivity index (χ0) is 21.3. The molecule has 1 spiro atoms. The average Bonchev–Trinajstić information content (AvgIpc) is 2.89. The lowest BCUT2D eigenvalue weighted by molar-refractivity contribution is -0.132. The standard InChI is InChI=1S/C22H26N4O4/c1-15-10-24-19(11-23-15)21(28)25-8-4-7-22(13-25)14-26(16(2)27)12-17-5-6-18(29-3)9-20(17)30-22/h5-6,9-11H,4,7-8,12-14H2,1-3H3. The van der Waals surface area contributed by atoms with Crippen LogP contribution in [-0.2, 0) is 11.3 Å². The van der Waals surface area contributed by atoms with Gasteiger partial charge in [0.05, 0.1) is 32.1 Å². The predicted octanol–water partition coefficient (Wildman–Crippen LogP) is 2.21. The molecule has 0 aliphatic carbocycles. The lowest BCUT2D eigenvalue weighted by atomic mass is 9.91. The largest absolute Gasteiger partial charge is 0.497 e. The third-order valence-electron chi connectivity index (χ3n) is 5.71. The van der Waals surface area contributed by atoms with Crippen LogP contribution in [0.4, 0.5) is 0 Å². The second kappa shape index (κ2) is 7.93. The zero-order valence-corrected chi connectivity index (χ0v) is 17.6. The summed E-state index contributed by atoms with van der Waals surface area (Å²) in [7, 11) is 1.61. The van der Waals surface area contributed by atoms with Crippen LogP contribution in [0.1, 0.15) is 41.5 Å². The fraction of sp³-hybridized carbons (Fsp3) is 0.455. The molecular formula is C22H26N4O4. The van der Waals surface area contributed by atoms with Gasteiger partial charge in [0, 0.05) is 37.8 Å². The Hall–Kier alpha value is -3.16. The Kier molecular flexibility index (Phi) is 5.32. The molecule has 2 aliphatic rings. The normalized spacial score (nSPS) is 20.9. The molecule has 0 saturated carbocycles. The van der Waals surface area contributed by atoms with Gasteiger partial charge in [-0.2, -0.15) is 0 Å². The minimum absolute atomic E-state index is 0.0190. The first-order valence-electron chi connectivity index (χ1n) is 10.1. The number of nitrogens with zero attached hydrogens (tertiary/aromatic N) is 4. The maximum atomic E-state index is 13.1. The average molecular weight is 410 g/mol. The summed E-state index contributed by atoms with van der Waals surface area (Å²) >= 11 is 0. The predicted molar refractivity (Wildman–Crippen MR) is 109 cm³/mol. The van der Waals surface area contributed by atoms with E-state index in [1.54, 1.807) is 30.0 Å². The third-order valence-corrected chi connectivity index (χ3v) is 5.71. The summed E-state index contributed by atoms with van der Waals surface area (Å²) in [6.07, 6.45) is 4.62. The summed E-state index contributed by atoms with van der Waals surface area (Å²) in [5, 5.41) is 0. The molecule has 2 amide bonds. The molecular weight excluding hydrogens is 384 g/mol. The minimum Gasteiger partial charge on any atom is -0.497 e. The number of likely N-dealkylation sites (tertiary alicyclic amines) is 1. The van der Waals surface area contributed by atoms with Crippen molar-refractivity contribution in [1.82, 2.24) is 19.8 Å². The molecule has 3 heterocycles. The van der Waals surface area contributed by atoms with Crippen LogP contribution >= 0.6 is 0 Å². The number of aryl methyl sites for hydroxylation is 1. The van der Waals surface area contributed by atoms with Crippen LogP contribution in [0.2, 0.25) is 0 Å². The lowest BCUT2D eigenvalue weighted by Gasteiger charge is -2.43. The number of carbonyl (C=O) groups excluding carboxylic acids is 2. The van der Waals surface area contributed by atoms with Crippen molar-refractivity contribution in [2.24, 2.45) is 0 Å². The Morgan fingerprint density at radius 3 is 2.67 bits per heavy atom. The summed E-state index contributed by atoms with van der Waals surface area (Å²) in [5.74, 6) is 1.20. The summed E-state index contributed by atoms with van der Waals surface area (Å²) in [6, 6.07) is 5.65. The van der Waals surface area contributed by atoms with Crippen LogP contribution < -0.4 is 9.47 Å². The van der Waals surface area contributed by atoms with Gasteiger partial charge in [0.25, 0.3) is 5.91 Å². The first kappa shape index (κ1) is 20.1. The van der Waals surface area contributed by atoms with E-state index in [1.807, 2.05) is 25.1 Å². The molecule has 1 aromatic carbocycles. The fourth-order valence-electron chi connectivity index (χ4n) is 4.13. The smallest absolute Gasteiger partial charge is 0.274 e. The number of hydrogen-bond donors (Lipinski definition) is 0. The van der Waals surface area contributed by atoms with Crippen LogP contribution in [0, 0.1) is 6.92 Å². The molecule has 0 N–H and O–H groups in total. The number of hydrogen-bond acceptors (Lipinski definition) is 6. The maximum Gasteiger partial charge on any atom is 0.274 e. The van der Waals surface area contributed by atoms with Crippen LogP contribution in [0.25, 0.3) is 0 Å². The van der Waals surface area contributed by atoms with Gasteiger partial charge in [-0.15, -0.1) is 0 Å². The molecule has 4 rings (SSSR count). The van der Waals surface area contributed by atoms with E-state index in [4.69, 9.17) is 9.47 Å². The van der Waals surface area contributed by atoms with Crippen molar-refractivity contribution in [3.05, 3.63) is 47.5 Å². The van der Waals surface area contributed by atoms with Crippen molar-refractivity contribution in [3.8, 4) is 11.5 Å². The summed E-state index contributed by atoms with van der Waals surface area (Å²) in [6.45, 7) is 5.28. The highest BCUT2D eigenvalue weighted by molar-refractivity contribution is 5.92. The lowest BCUT2D eigenvalue weighted by Crippen LogP contribution is -2.58. The Bertz CT molecular complexity index is 962. The third kappa shape index (κ3) is 3.94. The van der Waals surface area contributed by atoms with Gasteiger partial charge in [-0.3, -0.25) is 14.6 Å². The molecule has 8 heteroatoms. The molecule has 2 aliphatic heterocycles. The molecule has 8 nitrogen and oxygen atoms in total. The summed E-state index contributed by atoms with van der Waals surface area (Å²) in [5.41, 5.74) is 1.32. The van der Waals surface area contributed by atoms with E-state index in [-0.39, 0.29) is 11.8 Å². The quantitative estimate of drug-likeness (QED) is 0.755. The number of carbonyl (C=O) groups is 2. The van der Waals surface area contributed by atoms with Crippen molar-refractivity contribution >= 4 is 11.8 Å². The van der Waals surface area contributed by atoms with E-state index in [0.29, 0.717) is 43.4 Å². The van der Waals surface area contributed by atoms with E-state index >= 15 is 0 Å². The van der Waals surface area contributed by atoms with Gasteiger partial charge >= 0.3 is 0 Å². The van der Waals surface area contributed by atoms with E-state index in [9.17, 15) is 9.59 Å². The number of piperidine rings is 1. The number of amides is 2. The first-order chi connectivity index (χ1) is 14.4. The molecule has 1 aromatic heterocycles. The molecule has 1 unspecified atom stereocenters. The van der Waals surface area contributed by atoms with E-state index in [2.05, 4.69) is 9.97 Å². The number of methoxy groups -OCH3 is 1. The highest BCUT2D eigenvalue weighted by Crippen LogP contribution is 2.37. The molecule has 0 radical (unpaired) electrons. The van der Waals surface area contributed by atoms with Crippen molar-refractivity contribution < 1.29 is 19.1 Å². The summed E-state index contributed by atoms with van der Waals surface area (Å²) < 4.78 is 11.9.